The minimum absolute atomic E-state index is 0.0881. The van der Waals surface area contributed by atoms with E-state index < -0.39 is 50.2 Å². The fraction of sp³-hybridized carbons (Fsp3) is 0.450. The number of phenolic OH excluding ortho intramolecular Hbond substituents is 1. The van der Waals surface area contributed by atoms with E-state index in [1.165, 1.54) is 28.5 Å². The van der Waals surface area contributed by atoms with Crippen LogP contribution in [0, 0.1) is 11.6 Å². The molecule has 1 spiro atoms. The number of sulfonamides is 1. The highest BCUT2D eigenvalue weighted by Crippen LogP contribution is 2.46. The van der Waals surface area contributed by atoms with Crippen molar-refractivity contribution in [2.75, 3.05) is 30.8 Å². The summed E-state index contributed by atoms with van der Waals surface area (Å²) < 4.78 is 95.2. The highest BCUT2D eigenvalue weighted by Gasteiger charge is 2.55. The van der Waals surface area contributed by atoms with Gasteiger partial charge in [-0.15, -0.1) is 0 Å². The van der Waals surface area contributed by atoms with E-state index in [9.17, 15) is 35.5 Å². The van der Waals surface area contributed by atoms with Gasteiger partial charge in [-0.25, -0.2) is 26.9 Å². The van der Waals surface area contributed by atoms with Crippen LogP contribution in [0.2, 0.25) is 0 Å². The Kier molecular flexibility index (Phi) is 5.05. The van der Waals surface area contributed by atoms with Crippen molar-refractivity contribution < 1.29 is 35.5 Å². The molecule has 0 bridgehead atoms. The summed E-state index contributed by atoms with van der Waals surface area (Å²) in [7, 11) is -1.94. The van der Waals surface area contributed by atoms with Crippen LogP contribution in [0.5, 0.6) is 5.75 Å². The second kappa shape index (κ2) is 7.46. The third-order valence-corrected chi connectivity index (χ3v) is 7.77. The van der Waals surface area contributed by atoms with Crippen LogP contribution in [0.3, 0.4) is 0 Å². The molecule has 0 unspecified atom stereocenters. The van der Waals surface area contributed by atoms with Crippen LogP contribution in [0.4, 0.5) is 27.9 Å². The lowest BCUT2D eigenvalue weighted by Crippen LogP contribution is -2.57. The van der Waals surface area contributed by atoms with Crippen molar-refractivity contribution in [3.8, 4) is 17.0 Å². The molecule has 2 fully saturated rings. The Hall–Kier alpha value is -3.07. The van der Waals surface area contributed by atoms with Crippen LogP contribution in [-0.2, 0) is 23.2 Å². The molecule has 0 radical (unpaired) electrons. The lowest BCUT2D eigenvalue weighted by molar-refractivity contribution is -0.140. The summed E-state index contributed by atoms with van der Waals surface area (Å²) in [6, 6.07) is 0.251. The monoisotopic (exact) mass is 518 g/mol. The van der Waals surface area contributed by atoms with Crippen LogP contribution in [0.15, 0.2) is 12.3 Å². The average molecular weight is 518 g/mol. The maximum absolute atomic E-state index is 14.6. The number of aromatic nitrogens is 4. The third-order valence-electron chi connectivity index (χ3n) is 6.40. The predicted molar refractivity (Wildman–Crippen MR) is 114 cm³/mol. The molecule has 3 heterocycles. The van der Waals surface area contributed by atoms with Gasteiger partial charge in [0.15, 0.2) is 23.0 Å². The molecule has 9 nitrogen and oxygen atoms in total. The summed E-state index contributed by atoms with van der Waals surface area (Å²) in [4.78, 5) is 10.5. The van der Waals surface area contributed by atoms with Gasteiger partial charge >= 0.3 is 6.18 Å². The van der Waals surface area contributed by atoms with Gasteiger partial charge in [0.2, 0.25) is 16.0 Å². The highest BCUT2D eigenvalue weighted by atomic mass is 32.2. The van der Waals surface area contributed by atoms with Crippen molar-refractivity contribution in [3.63, 3.8) is 0 Å². The van der Waals surface area contributed by atoms with E-state index in [-0.39, 0.29) is 35.3 Å². The number of hydrogen-bond acceptors (Lipinski definition) is 7. The van der Waals surface area contributed by atoms with E-state index in [0.717, 1.165) is 0 Å². The number of nitrogens with zero attached hydrogens (tertiary/aromatic N) is 6. The van der Waals surface area contributed by atoms with Gasteiger partial charge in [0.05, 0.1) is 22.7 Å². The molecule has 188 valence electrons. The highest BCUT2D eigenvalue weighted by molar-refractivity contribution is 7.88. The fourth-order valence-electron chi connectivity index (χ4n) is 4.58. The summed E-state index contributed by atoms with van der Waals surface area (Å²) in [5, 5.41) is 13.8. The third kappa shape index (κ3) is 3.76. The van der Waals surface area contributed by atoms with Crippen LogP contribution in [-0.4, -0.2) is 69.0 Å². The molecular weight excluding hydrogens is 499 g/mol. The lowest BCUT2D eigenvalue weighted by Gasteiger charge is -2.40. The summed E-state index contributed by atoms with van der Waals surface area (Å²) >= 11 is 0. The van der Waals surface area contributed by atoms with Gasteiger partial charge in [0.25, 0.3) is 0 Å². The topological polar surface area (TPSA) is 104 Å². The Labute approximate surface area is 195 Å². The molecule has 1 aliphatic carbocycles. The van der Waals surface area contributed by atoms with Crippen LogP contribution < -0.4 is 4.90 Å². The van der Waals surface area contributed by atoms with Gasteiger partial charge in [-0.2, -0.15) is 27.6 Å². The first kappa shape index (κ1) is 23.7. The second-order valence-corrected chi connectivity index (χ2v) is 10.7. The number of phenols is 1. The van der Waals surface area contributed by atoms with Crippen molar-refractivity contribution in [2.45, 2.75) is 24.6 Å². The number of halogens is 5. The maximum atomic E-state index is 14.6. The molecule has 0 atom stereocenters. The molecule has 15 heteroatoms. The number of hydrogen-bond donors (Lipinski definition) is 1. The first-order chi connectivity index (χ1) is 16.2. The van der Waals surface area contributed by atoms with Gasteiger partial charge in [0, 0.05) is 38.4 Å². The van der Waals surface area contributed by atoms with Crippen molar-refractivity contribution in [2.24, 2.45) is 7.05 Å². The molecule has 35 heavy (non-hydrogen) atoms. The number of rotatable bonds is 3. The van der Waals surface area contributed by atoms with E-state index in [1.807, 2.05) is 4.90 Å². The number of aromatic hydroxyl groups is 1. The van der Waals surface area contributed by atoms with Crippen LogP contribution in [0.1, 0.15) is 18.4 Å². The van der Waals surface area contributed by atoms with Gasteiger partial charge in [0.1, 0.15) is 5.69 Å². The largest absolute Gasteiger partial charge is 0.503 e. The number of anilines is 1. The van der Waals surface area contributed by atoms with Gasteiger partial charge in [-0.05, 0) is 18.9 Å². The Morgan fingerprint density at radius 1 is 1.14 bits per heavy atom. The molecule has 1 N–H and O–H groups in total. The number of piperazine rings is 1. The smallest absolute Gasteiger partial charge is 0.419 e. The number of aryl methyl sites for hydroxylation is 1. The molecule has 2 aliphatic rings. The Bertz CT molecular complexity index is 1470. The molecule has 1 aliphatic heterocycles. The molecule has 1 aromatic carbocycles. The van der Waals surface area contributed by atoms with Crippen molar-refractivity contribution >= 4 is 27.0 Å². The average Bonchev–Trinajstić information content (AvgIpc) is 3.44. The summed E-state index contributed by atoms with van der Waals surface area (Å²) in [6.45, 7) is 0.934. The van der Waals surface area contributed by atoms with Gasteiger partial charge in [-0.3, -0.25) is 0 Å². The van der Waals surface area contributed by atoms with E-state index in [1.54, 1.807) is 0 Å². The van der Waals surface area contributed by atoms with E-state index in [4.69, 9.17) is 0 Å². The Morgan fingerprint density at radius 3 is 2.43 bits per heavy atom. The quantitative estimate of drug-likeness (QED) is 0.532. The van der Waals surface area contributed by atoms with Crippen molar-refractivity contribution in [1.29, 1.82) is 0 Å². The summed E-state index contributed by atoms with van der Waals surface area (Å²) in [5.74, 6) is -5.21. The molecule has 1 saturated heterocycles. The molecule has 3 aromatic rings. The number of fused-ring (bicyclic) bond motifs is 1. The Morgan fingerprint density at radius 2 is 1.83 bits per heavy atom. The molecule has 1 saturated carbocycles. The Balaban J connectivity index is 1.55. The van der Waals surface area contributed by atoms with Crippen molar-refractivity contribution in [1.82, 2.24) is 24.1 Å². The normalized spacial score (nSPS) is 18.5. The second-order valence-electron chi connectivity index (χ2n) is 8.81. The zero-order valence-electron chi connectivity index (χ0n) is 18.4. The van der Waals surface area contributed by atoms with Crippen LogP contribution in [0.25, 0.3) is 22.3 Å². The molecule has 5 rings (SSSR count). The van der Waals surface area contributed by atoms with Gasteiger partial charge in [-0.1, -0.05) is 0 Å². The summed E-state index contributed by atoms with van der Waals surface area (Å²) in [5.41, 5.74) is -3.24. The number of alkyl halides is 3. The minimum Gasteiger partial charge on any atom is -0.503 e. The minimum atomic E-state index is -5.18. The molecule has 2 aromatic heterocycles. The zero-order chi connectivity index (χ0) is 25.5. The fourth-order valence-corrected chi connectivity index (χ4v) is 5.94. The lowest BCUT2D eigenvalue weighted by atomic mass is 10.0. The molecule has 0 amide bonds. The van der Waals surface area contributed by atoms with E-state index in [0.29, 0.717) is 25.9 Å². The first-order valence-corrected chi connectivity index (χ1v) is 12.3. The van der Waals surface area contributed by atoms with Crippen LogP contribution >= 0.6 is 0 Å². The van der Waals surface area contributed by atoms with E-state index in [2.05, 4.69) is 15.1 Å². The summed E-state index contributed by atoms with van der Waals surface area (Å²) in [6.07, 6.45) is -1.35. The zero-order valence-corrected chi connectivity index (χ0v) is 19.3. The maximum Gasteiger partial charge on any atom is 0.419 e. The molecular formula is C20H19F5N6O3S. The van der Waals surface area contributed by atoms with Gasteiger partial charge < -0.3 is 10.0 Å². The first-order valence-electron chi connectivity index (χ1n) is 10.4. The standard InChI is InChI=1S/C20H19F5N6O3S/c1-29-17-11(15(28-29)10-7-12(20(23,24)25)14(22)16(32)13(10)21)8-26-18(27-17)30-5-6-31(35(2,33)34)19(9-30)3-4-19/h7-8,32H,3-6,9H2,1-2H3. The SMILES string of the molecule is Cn1nc(-c2cc(C(F)(F)F)c(F)c(O)c2F)c2cnc(N3CCN(S(C)(=O)=O)C4(CC4)C3)nc21. The van der Waals surface area contributed by atoms with E-state index >= 15 is 0 Å². The number of benzene rings is 1. The predicted octanol–water partition coefficient (Wildman–Crippen LogP) is 2.65. The van der Waals surface area contributed by atoms with Crippen molar-refractivity contribution in [3.05, 3.63) is 29.5 Å².